The van der Waals surface area contributed by atoms with Crippen LogP contribution in [0.2, 0.25) is 0 Å². The second-order valence-electron chi connectivity index (χ2n) is 8.82. The Morgan fingerprint density at radius 1 is 1.09 bits per heavy atom. The van der Waals surface area contributed by atoms with E-state index in [-0.39, 0.29) is 12.6 Å². The van der Waals surface area contributed by atoms with E-state index in [2.05, 4.69) is 77.8 Å². The largest absolute Gasteiger partial charge is 0.493 e. The number of anilines is 1. The van der Waals surface area contributed by atoms with Crippen molar-refractivity contribution in [3.8, 4) is 23.8 Å². The molecule has 0 fully saturated rings. The summed E-state index contributed by atoms with van der Waals surface area (Å²) in [5.74, 6) is 4.73. The number of aryl methyl sites for hydroxylation is 1. The normalized spacial score (nSPS) is 20.3. The van der Waals surface area contributed by atoms with Crippen molar-refractivity contribution in [2.24, 2.45) is 10.9 Å². The van der Waals surface area contributed by atoms with E-state index in [9.17, 15) is 0 Å². The van der Waals surface area contributed by atoms with Crippen molar-refractivity contribution < 1.29 is 9.47 Å². The Kier molecular flexibility index (Phi) is 6.10. The van der Waals surface area contributed by atoms with Gasteiger partial charge in [0, 0.05) is 17.8 Å². The van der Waals surface area contributed by atoms with Crippen molar-refractivity contribution in [3.63, 3.8) is 0 Å². The van der Waals surface area contributed by atoms with E-state index < -0.39 is 0 Å². The molecule has 4 heteroatoms. The van der Waals surface area contributed by atoms with Crippen molar-refractivity contribution in [2.75, 3.05) is 19.0 Å². The average molecular weight is 449 g/mol. The van der Waals surface area contributed by atoms with E-state index in [0.29, 0.717) is 23.3 Å². The predicted octanol–water partition coefficient (Wildman–Crippen LogP) is 6.59. The number of terminal acetylenes is 1. The summed E-state index contributed by atoms with van der Waals surface area (Å²) in [5, 5.41) is 3.81. The van der Waals surface area contributed by atoms with Crippen LogP contribution in [-0.4, -0.2) is 19.9 Å². The zero-order chi connectivity index (χ0) is 23.5. The maximum atomic E-state index is 5.51. The van der Waals surface area contributed by atoms with Gasteiger partial charge in [0.2, 0.25) is 0 Å². The van der Waals surface area contributed by atoms with Crippen LogP contribution in [0.3, 0.4) is 0 Å². The van der Waals surface area contributed by atoms with Crippen LogP contribution in [0.15, 0.2) is 77.8 Å². The molecule has 1 aliphatic carbocycles. The maximum Gasteiger partial charge on any atom is 0.162 e. The lowest BCUT2D eigenvalue weighted by molar-refractivity contribution is 0.331. The first-order valence-electron chi connectivity index (χ1n) is 11.6. The first kappa shape index (κ1) is 21.9. The van der Waals surface area contributed by atoms with E-state index >= 15 is 0 Å². The summed E-state index contributed by atoms with van der Waals surface area (Å²) < 4.78 is 10.9. The molecule has 5 rings (SSSR count). The van der Waals surface area contributed by atoms with E-state index in [1.54, 1.807) is 7.11 Å². The molecule has 2 aliphatic rings. The average Bonchev–Trinajstić information content (AvgIpc) is 3.37. The highest BCUT2D eigenvalue weighted by Crippen LogP contribution is 2.50. The number of ether oxygens (including phenoxy) is 2. The van der Waals surface area contributed by atoms with Crippen molar-refractivity contribution in [2.45, 2.75) is 25.3 Å². The minimum Gasteiger partial charge on any atom is -0.493 e. The Morgan fingerprint density at radius 2 is 1.94 bits per heavy atom. The quantitative estimate of drug-likeness (QED) is 0.263. The van der Waals surface area contributed by atoms with Crippen LogP contribution in [0, 0.1) is 25.2 Å². The van der Waals surface area contributed by atoms with E-state index in [0.717, 1.165) is 17.7 Å². The molecular weight excluding hydrogens is 420 g/mol. The topological polar surface area (TPSA) is 42.8 Å². The molecule has 0 spiro atoms. The number of nitrogens with one attached hydrogen (secondary N) is 1. The number of fused-ring (bicyclic) bond motifs is 3. The number of nitrogens with zero attached hydrogens (tertiary/aromatic N) is 1. The van der Waals surface area contributed by atoms with Gasteiger partial charge in [0.25, 0.3) is 0 Å². The van der Waals surface area contributed by atoms with E-state index in [4.69, 9.17) is 15.9 Å². The molecule has 0 unspecified atom stereocenters. The van der Waals surface area contributed by atoms with Gasteiger partial charge in [0.1, 0.15) is 6.61 Å². The van der Waals surface area contributed by atoms with Crippen LogP contribution in [0.25, 0.3) is 0 Å². The zero-order valence-electron chi connectivity index (χ0n) is 19.5. The lowest BCUT2D eigenvalue weighted by Crippen LogP contribution is -2.29. The summed E-state index contributed by atoms with van der Waals surface area (Å²) in [6.45, 7) is 2.37. The van der Waals surface area contributed by atoms with Gasteiger partial charge in [-0.25, -0.2) is 0 Å². The molecule has 0 saturated heterocycles. The molecule has 1 N–H and O–H groups in total. The molecule has 0 radical (unpaired) electrons. The smallest absolute Gasteiger partial charge is 0.162 e. The Balaban J connectivity index is 1.33. The van der Waals surface area contributed by atoms with Gasteiger partial charge in [-0.2, -0.15) is 0 Å². The Morgan fingerprint density at radius 3 is 2.74 bits per heavy atom. The van der Waals surface area contributed by atoms with Crippen LogP contribution < -0.4 is 14.8 Å². The number of aliphatic imine (C=N–C) groups is 1. The highest BCUT2D eigenvalue weighted by Gasteiger charge is 2.37. The molecule has 1 aliphatic heterocycles. The minimum atomic E-state index is 0.203. The molecule has 0 bridgehead atoms. The SMILES string of the molecule is C#CCOc1ccc(C=Nc2ccc([C@@H]3Nc4ccc(C)cc4[C@@H]4C=CC[C@H]43)cc2)cc1OC. The van der Waals surface area contributed by atoms with Gasteiger partial charge in [-0.3, -0.25) is 4.99 Å². The second-order valence-corrected chi connectivity index (χ2v) is 8.82. The fraction of sp³-hybridized carbons (Fsp3) is 0.233. The molecule has 3 aromatic rings. The molecular formula is C30H28N2O2. The van der Waals surface area contributed by atoms with Crippen LogP contribution >= 0.6 is 0 Å². The summed E-state index contributed by atoms with van der Waals surface area (Å²) >= 11 is 0. The van der Waals surface area contributed by atoms with E-state index in [1.165, 1.54) is 22.4 Å². The monoisotopic (exact) mass is 448 g/mol. The maximum absolute atomic E-state index is 5.51. The zero-order valence-corrected chi connectivity index (χ0v) is 19.5. The van der Waals surface area contributed by atoms with Gasteiger partial charge < -0.3 is 14.8 Å². The number of hydrogen-bond donors (Lipinski definition) is 1. The third kappa shape index (κ3) is 4.30. The molecule has 1 heterocycles. The summed E-state index contributed by atoms with van der Waals surface area (Å²) in [6.07, 6.45) is 12.9. The Bertz CT molecular complexity index is 1280. The summed E-state index contributed by atoms with van der Waals surface area (Å²) in [7, 11) is 1.61. The van der Waals surface area contributed by atoms with Gasteiger partial charge in [0.15, 0.2) is 11.5 Å². The van der Waals surface area contributed by atoms with E-state index in [1.807, 2.05) is 24.4 Å². The van der Waals surface area contributed by atoms with Gasteiger partial charge in [-0.15, -0.1) is 6.42 Å². The van der Waals surface area contributed by atoms with Crippen LogP contribution in [-0.2, 0) is 0 Å². The van der Waals surface area contributed by atoms with Gasteiger partial charge in [-0.05, 0) is 72.4 Å². The van der Waals surface area contributed by atoms with Gasteiger partial charge in [-0.1, -0.05) is 47.9 Å². The van der Waals surface area contributed by atoms with Crippen LogP contribution in [0.1, 0.15) is 40.6 Å². The number of allylic oxidation sites excluding steroid dienone is 2. The molecule has 170 valence electrons. The third-order valence-corrected chi connectivity index (χ3v) is 6.63. The predicted molar refractivity (Wildman–Crippen MR) is 139 cm³/mol. The standard InChI is InChI=1S/C30H28N2O2/c1-4-16-34-28-15-9-21(18-29(28)33-3)19-31-23-12-10-22(11-13-23)30-25-7-5-6-24(25)26-17-20(2)8-14-27(26)32-30/h1,5-6,8-15,17-19,24-25,30,32H,7,16H2,2-3H3/t24-,25-,30+/m1/s1. The molecule has 3 aromatic carbocycles. The number of rotatable bonds is 6. The summed E-state index contributed by atoms with van der Waals surface area (Å²) in [6, 6.07) is 21.2. The van der Waals surface area contributed by atoms with Gasteiger partial charge >= 0.3 is 0 Å². The highest BCUT2D eigenvalue weighted by molar-refractivity contribution is 5.83. The van der Waals surface area contributed by atoms with Gasteiger partial charge in [0.05, 0.1) is 18.8 Å². The Hall–Kier alpha value is -3.97. The summed E-state index contributed by atoms with van der Waals surface area (Å²) in [4.78, 5) is 4.66. The molecule has 0 aromatic heterocycles. The molecule has 4 nitrogen and oxygen atoms in total. The minimum absolute atomic E-state index is 0.203. The van der Waals surface area contributed by atoms with Crippen LogP contribution in [0.5, 0.6) is 11.5 Å². The van der Waals surface area contributed by atoms with Crippen molar-refractivity contribution in [1.82, 2.24) is 0 Å². The first-order chi connectivity index (χ1) is 16.7. The number of methoxy groups -OCH3 is 1. The lowest BCUT2D eigenvalue weighted by Gasteiger charge is -2.37. The molecule has 0 saturated carbocycles. The molecule has 0 amide bonds. The number of benzene rings is 3. The lowest BCUT2D eigenvalue weighted by atomic mass is 9.76. The van der Waals surface area contributed by atoms with Crippen molar-refractivity contribution in [3.05, 3.63) is 95.1 Å². The fourth-order valence-corrected chi connectivity index (χ4v) is 4.96. The fourth-order valence-electron chi connectivity index (χ4n) is 4.96. The molecule has 3 atom stereocenters. The Labute approximate surface area is 201 Å². The van der Waals surface area contributed by atoms with Crippen molar-refractivity contribution in [1.29, 1.82) is 0 Å². The van der Waals surface area contributed by atoms with Crippen LogP contribution in [0.4, 0.5) is 11.4 Å². The second kappa shape index (κ2) is 9.49. The highest BCUT2D eigenvalue weighted by atomic mass is 16.5. The summed E-state index contributed by atoms with van der Waals surface area (Å²) in [5.41, 5.74) is 7.10. The molecule has 34 heavy (non-hydrogen) atoms. The third-order valence-electron chi connectivity index (χ3n) is 6.63. The first-order valence-corrected chi connectivity index (χ1v) is 11.6. The van der Waals surface area contributed by atoms with Crippen molar-refractivity contribution >= 4 is 17.6 Å². The number of hydrogen-bond acceptors (Lipinski definition) is 4.